The maximum atomic E-state index is 11.8. The fraction of sp³-hybridized carbons (Fsp3) is 0.278. The quantitative estimate of drug-likeness (QED) is 0.702. The number of amides is 1. The summed E-state index contributed by atoms with van der Waals surface area (Å²) in [6.45, 7) is 1.81. The van der Waals surface area contributed by atoms with Crippen molar-refractivity contribution in [2.24, 2.45) is 0 Å². The monoisotopic (exact) mass is 344 g/mol. The lowest BCUT2D eigenvalue weighted by Crippen LogP contribution is -2.20. The van der Waals surface area contributed by atoms with Crippen LogP contribution < -0.4 is 10.1 Å². The van der Waals surface area contributed by atoms with Crippen LogP contribution in [0, 0.1) is 0 Å². The van der Waals surface area contributed by atoms with E-state index < -0.39 is 18.0 Å². The Labute approximate surface area is 145 Å². The highest BCUT2D eigenvalue weighted by Crippen LogP contribution is 2.17. The molecule has 0 saturated heterocycles. The molecule has 0 bridgehead atoms. The molecule has 1 atom stereocenters. The Balaban J connectivity index is 2.27. The van der Waals surface area contributed by atoms with Crippen molar-refractivity contribution in [1.82, 2.24) is 10.3 Å². The van der Waals surface area contributed by atoms with Gasteiger partial charge in [0, 0.05) is 19.2 Å². The van der Waals surface area contributed by atoms with E-state index in [4.69, 9.17) is 4.74 Å². The number of nitrogens with zero attached hydrogens (tertiary/aromatic N) is 1. The number of rotatable bonds is 7. The number of aliphatic hydroxyl groups is 1. The lowest BCUT2D eigenvalue weighted by molar-refractivity contribution is 0.0696. The molecule has 7 nitrogen and oxygen atoms in total. The number of carboxylic acid groups (broad SMARTS) is 1. The third-order valence-electron chi connectivity index (χ3n) is 3.36. The van der Waals surface area contributed by atoms with Crippen molar-refractivity contribution in [1.29, 1.82) is 0 Å². The molecule has 1 unspecified atom stereocenters. The number of hydrogen-bond acceptors (Lipinski definition) is 5. The molecule has 7 heteroatoms. The van der Waals surface area contributed by atoms with E-state index in [0.717, 1.165) is 5.56 Å². The predicted molar refractivity (Wildman–Crippen MR) is 91.0 cm³/mol. The Bertz CT molecular complexity index is 774. The van der Waals surface area contributed by atoms with Crippen molar-refractivity contribution in [3.05, 3.63) is 58.9 Å². The molecule has 2 aromatic rings. The SMILES string of the molecule is CNC(=O)c1cc(C(=O)O)cc(Cc2cccc(OCC(C)O)c2)n1. The Morgan fingerprint density at radius 2 is 2.04 bits per heavy atom. The summed E-state index contributed by atoms with van der Waals surface area (Å²) in [6.07, 6.45) is -0.232. The lowest BCUT2D eigenvalue weighted by atomic mass is 10.1. The molecule has 0 spiro atoms. The maximum absolute atomic E-state index is 11.8. The molecule has 0 aliphatic rings. The highest BCUT2D eigenvalue weighted by molar-refractivity contribution is 5.95. The first-order valence-corrected chi connectivity index (χ1v) is 7.75. The number of hydrogen-bond donors (Lipinski definition) is 3. The molecule has 2 rings (SSSR count). The third-order valence-corrected chi connectivity index (χ3v) is 3.36. The number of pyridine rings is 1. The summed E-state index contributed by atoms with van der Waals surface area (Å²) in [7, 11) is 1.46. The number of ether oxygens (including phenoxy) is 1. The Kier molecular flexibility index (Phi) is 6.08. The third kappa shape index (κ3) is 5.29. The first kappa shape index (κ1) is 18.4. The summed E-state index contributed by atoms with van der Waals surface area (Å²) in [5.74, 6) is -0.972. The summed E-state index contributed by atoms with van der Waals surface area (Å²) >= 11 is 0. The van der Waals surface area contributed by atoms with E-state index in [2.05, 4.69) is 10.3 Å². The van der Waals surface area contributed by atoms with Crippen LogP contribution in [-0.2, 0) is 6.42 Å². The topological polar surface area (TPSA) is 109 Å². The second-order valence-corrected chi connectivity index (χ2v) is 5.60. The van der Waals surface area contributed by atoms with E-state index in [9.17, 15) is 19.8 Å². The minimum atomic E-state index is -1.12. The van der Waals surface area contributed by atoms with Crippen molar-refractivity contribution in [3.63, 3.8) is 0 Å². The van der Waals surface area contributed by atoms with Crippen LogP contribution in [0.3, 0.4) is 0 Å². The molecular weight excluding hydrogens is 324 g/mol. The Hall–Kier alpha value is -2.93. The van der Waals surface area contributed by atoms with Gasteiger partial charge in [0.2, 0.25) is 0 Å². The van der Waals surface area contributed by atoms with E-state index in [1.165, 1.54) is 19.2 Å². The second-order valence-electron chi connectivity index (χ2n) is 5.60. The zero-order valence-electron chi connectivity index (χ0n) is 14.0. The van der Waals surface area contributed by atoms with Crippen molar-refractivity contribution in [3.8, 4) is 5.75 Å². The zero-order valence-corrected chi connectivity index (χ0v) is 14.0. The fourth-order valence-electron chi connectivity index (χ4n) is 2.22. The molecule has 1 aromatic heterocycles. The first-order valence-electron chi connectivity index (χ1n) is 7.75. The van der Waals surface area contributed by atoms with Crippen LogP contribution in [0.1, 0.15) is 39.0 Å². The normalized spacial score (nSPS) is 11.6. The smallest absolute Gasteiger partial charge is 0.335 e. The number of carbonyl (C=O) groups excluding carboxylic acids is 1. The number of carbonyl (C=O) groups is 2. The van der Waals surface area contributed by atoms with Gasteiger partial charge < -0.3 is 20.3 Å². The van der Waals surface area contributed by atoms with Crippen molar-refractivity contribution in [2.75, 3.05) is 13.7 Å². The molecule has 0 aliphatic carbocycles. The van der Waals surface area contributed by atoms with Crippen LogP contribution in [-0.4, -0.2) is 46.8 Å². The summed E-state index contributed by atoms with van der Waals surface area (Å²) in [6, 6.07) is 9.89. The van der Waals surface area contributed by atoms with E-state index in [1.807, 2.05) is 6.07 Å². The Morgan fingerprint density at radius 3 is 2.68 bits per heavy atom. The zero-order chi connectivity index (χ0) is 18.4. The summed E-state index contributed by atoms with van der Waals surface area (Å²) < 4.78 is 5.46. The first-order chi connectivity index (χ1) is 11.9. The van der Waals surface area contributed by atoms with Crippen LogP contribution in [0.15, 0.2) is 36.4 Å². The number of aromatic nitrogens is 1. The van der Waals surface area contributed by atoms with Crippen molar-refractivity contribution >= 4 is 11.9 Å². The maximum Gasteiger partial charge on any atom is 0.335 e. The van der Waals surface area contributed by atoms with Gasteiger partial charge >= 0.3 is 5.97 Å². The number of nitrogens with one attached hydrogen (secondary N) is 1. The molecule has 25 heavy (non-hydrogen) atoms. The van der Waals surface area contributed by atoms with Crippen molar-refractivity contribution in [2.45, 2.75) is 19.4 Å². The van der Waals surface area contributed by atoms with Gasteiger partial charge in [-0.1, -0.05) is 12.1 Å². The average Bonchev–Trinajstić information content (AvgIpc) is 2.59. The molecular formula is C18H20N2O5. The van der Waals surface area contributed by atoms with Gasteiger partial charge in [0.25, 0.3) is 5.91 Å². The van der Waals surface area contributed by atoms with Crippen molar-refractivity contribution < 1.29 is 24.5 Å². The molecule has 1 heterocycles. The van der Waals surface area contributed by atoms with E-state index >= 15 is 0 Å². The second kappa shape index (κ2) is 8.25. The van der Waals surface area contributed by atoms with Gasteiger partial charge in [0.15, 0.2) is 0 Å². The van der Waals surface area contributed by atoms with Crippen LogP contribution in [0.2, 0.25) is 0 Å². The standard InChI is InChI=1S/C18H20N2O5/c1-11(21)10-25-15-5-3-4-12(7-15)6-14-8-13(18(23)24)9-16(20-14)17(22)19-2/h3-5,7-9,11,21H,6,10H2,1-2H3,(H,19,22)(H,23,24). The van der Waals surface area contributed by atoms with Crippen LogP contribution >= 0.6 is 0 Å². The van der Waals surface area contributed by atoms with E-state index in [0.29, 0.717) is 17.9 Å². The highest BCUT2D eigenvalue weighted by atomic mass is 16.5. The molecule has 0 aliphatic heterocycles. The van der Waals surface area contributed by atoms with Gasteiger partial charge in [0.1, 0.15) is 18.1 Å². The van der Waals surface area contributed by atoms with E-state index in [-0.39, 0.29) is 17.9 Å². The van der Waals surface area contributed by atoms with Gasteiger partial charge in [-0.05, 0) is 36.8 Å². The molecule has 1 amide bonds. The minimum absolute atomic E-state index is 0.00473. The van der Waals surface area contributed by atoms with Gasteiger partial charge in [-0.25, -0.2) is 9.78 Å². The van der Waals surface area contributed by atoms with Gasteiger partial charge in [-0.3, -0.25) is 4.79 Å². The number of carboxylic acids is 1. The van der Waals surface area contributed by atoms with E-state index in [1.54, 1.807) is 25.1 Å². The molecule has 0 fully saturated rings. The number of benzene rings is 1. The highest BCUT2D eigenvalue weighted by Gasteiger charge is 2.13. The predicted octanol–water partition coefficient (Wildman–Crippen LogP) is 1.49. The molecule has 132 valence electrons. The summed E-state index contributed by atoms with van der Waals surface area (Å²) in [5, 5.41) is 20.9. The minimum Gasteiger partial charge on any atom is -0.491 e. The summed E-state index contributed by atoms with van der Waals surface area (Å²) in [4.78, 5) is 27.3. The fourth-order valence-corrected chi connectivity index (χ4v) is 2.22. The van der Waals surface area contributed by atoms with Crippen LogP contribution in [0.4, 0.5) is 0 Å². The Morgan fingerprint density at radius 1 is 1.28 bits per heavy atom. The molecule has 1 aromatic carbocycles. The van der Waals surface area contributed by atoms with Gasteiger partial charge in [-0.15, -0.1) is 0 Å². The van der Waals surface area contributed by atoms with Gasteiger partial charge in [-0.2, -0.15) is 0 Å². The largest absolute Gasteiger partial charge is 0.491 e. The lowest BCUT2D eigenvalue weighted by Gasteiger charge is -2.10. The average molecular weight is 344 g/mol. The number of aliphatic hydroxyl groups excluding tert-OH is 1. The van der Waals surface area contributed by atoms with Gasteiger partial charge in [0.05, 0.1) is 11.7 Å². The molecule has 0 radical (unpaired) electrons. The van der Waals surface area contributed by atoms with Crippen LogP contribution in [0.25, 0.3) is 0 Å². The molecule has 3 N–H and O–H groups in total. The number of aromatic carboxylic acids is 1. The molecule has 0 saturated carbocycles. The summed E-state index contributed by atoms with van der Waals surface area (Å²) in [5.41, 5.74) is 1.37. The van der Waals surface area contributed by atoms with Crippen LogP contribution in [0.5, 0.6) is 5.75 Å².